The third-order valence-corrected chi connectivity index (χ3v) is 3.95. The lowest BCUT2D eigenvalue weighted by Gasteiger charge is -2.42. The molecule has 1 aliphatic heterocycles. The third-order valence-electron chi connectivity index (χ3n) is 3.95. The smallest absolute Gasteiger partial charge is 0.276 e. The Labute approximate surface area is 118 Å². The first-order valence-corrected chi connectivity index (χ1v) is 6.73. The molecule has 0 radical (unpaired) electrons. The van der Waals surface area contributed by atoms with Crippen LogP contribution in [0.5, 0.6) is 0 Å². The van der Waals surface area contributed by atoms with Crippen LogP contribution >= 0.6 is 0 Å². The fourth-order valence-electron chi connectivity index (χ4n) is 2.49. The van der Waals surface area contributed by atoms with Crippen molar-refractivity contribution in [3.63, 3.8) is 0 Å². The normalized spacial score (nSPS) is 23.7. The average molecular weight is 279 g/mol. The van der Waals surface area contributed by atoms with Gasteiger partial charge in [-0.1, -0.05) is 0 Å². The summed E-state index contributed by atoms with van der Waals surface area (Å²) in [6, 6.07) is 3.77. The van der Waals surface area contributed by atoms with E-state index in [1.165, 1.54) is 6.07 Å². The second kappa shape index (κ2) is 5.62. The highest BCUT2D eigenvalue weighted by Gasteiger charge is 2.28. The number of hydrogen-bond acceptors (Lipinski definition) is 6. The maximum absolute atomic E-state index is 11.0. The van der Waals surface area contributed by atoms with Crippen molar-refractivity contribution in [2.75, 3.05) is 37.4 Å². The van der Waals surface area contributed by atoms with E-state index in [9.17, 15) is 10.1 Å². The lowest BCUT2D eigenvalue weighted by Crippen LogP contribution is -2.55. The van der Waals surface area contributed by atoms with Gasteiger partial charge in [0, 0.05) is 32.2 Å². The Kier molecular flexibility index (Phi) is 4.08. The summed E-state index contributed by atoms with van der Waals surface area (Å²) in [5.41, 5.74) is 0.0681. The Morgan fingerprint density at radius 2 is 1.95 bits per heavy atom. The number of pyridine rings is 1. The quantitative estimate of drug-likeness (QED) is 0.668. The molecule has 1 aliphatic rings. The monoisotopic (exact) mass is 279 g/mol. The molecule has 1 aromatic rings. The molecule has 1 saturated heterocycles. The third kappa shape index (κ3) is 2.82. The highest BCUT2D eigenvalue weighted by Crippen LogP contribution is 2.26. The molecule has 1 fully saturated rings. The van der Waals surface area contributed by atoms with Crippen LogP contribution in [0.3, 0.4) is 0 Å². The first-order valence-electron chi connectivity index (χ1n) is 6.73. The van der Waals surface area contributed by atoms with E-state index in [0.717, 1.165) is 13.1 Å². The molecule has 0 aliphatic carbocycles. The average Bonchev–Trinajstić information content (AvgIpc) is 2.43. The van der Waals surface area contributed by atoms with E-state index in [0.29, 0.717) is 23.7 Å². The van der Waals surface area contributed by atoms with Gasteiger partial charge >= 0.3 is 0 Å². The molecule has 7 heteroatoms. The molecular weight excluding hydrogens is 258 g/mol. The summed E-state index contributed by atoms with van der Waals surface area (Å²) < 4.78 is 0. The minimum absolute atomic E-state index is 0.0681. The number of anilines is 2. The fourth-order valence-corrected chi connectivity index (χ4v) is 2.49. The topological polar surface area (TPSA) is 74.5 Å². The molecule has 2 unspecified atom stereocenters. The molecule has 0 aromatic carbocycles. The van der Waals surface area contributed by atoms with Gasteiger partial charge in [-0.15, -0.1) is 0 Å². The zero-order chi connectivity index (χ0) is 14.9. The van der Waals surface area contributed by atoms with E-state index in [-0.39, 0.29) is 10.6 Å². The molecule has 0 saturated carbocycles. The SMILES string of the molecule is CNc1cc([N+](=O)[O-])cc(N2CC(C)N(C)C(C)C2)n1. The van der Waals surface area contributed by atoms with Gasteiger partial charge in [0.15, 0.2) is 0 Å². The first-order chi connectivity index (χ1) is 9.42. The van der Waals surface area contributed by atoms with Gasteiger partial charge in [-0.25, -0.2) is 4.98 Å². The number of rotatable bonds is 3. The van der Waals surface area contributed by atoms with Crippen molar-refractivity contribution in [3.8, 4) is 0 Å². The summed E-state index contributed by atoms with van der Waals surface area (Å²) in [5, 5.41) is 13.9. The second-order valence-electron chi connectivity index (χ2n) is 5.34. The standard InChI is InChI=1S/C13H21N5O2/c1-9-7-17(8-10(2)16(9)4)13-6-11(18(19)20)5-12(14-3)15-13/h5-6,9-10H,7-8H2,1-4H3,(H,14,15). The van der Waals surface area contributed by atoms with Crippen molar-refractivity contribution in [2.24, 2.45) is 0 Å². The van der Waals surface area contributed by atoms with Gasteiger partial charge in [-0.3, -0.25) is 15.0 Å². The van der Waals surface area contributed by atoms with E-state index in [1.807, 2.05) is 0 Å². The van der Waals surface area contributed by atoms with Crippen LogP contribution < -0.4 is 10.2 Å². The molecule has 1 aromatic heterocycles. The molecule has 0 spiro atoms. The Hall–Kier alpha value is -1.89. The fraction of sp³-hybridized carbons (Fsp3) is 0.615. The predicted molar refractivity (Wildman–Crippen MR) is 79.3 cm³/mol. The summed E-state index contributed by atoms with van der Waals surface area (Å²) >= 11 is 0. The van der Waals surface area contributed by atoms with Gasteiger partial charge in [-0.05, 0) is 20.9 Å². The number of nitrogens with zero attached hydrogens (tertiary/aromatic N) is 4. The van der Waals surface area contributed by atoms with Crippen molar-refractivity contribution >= 4 is 17.3 Å². The van der Waals surface area contributed by atoms with Gasteiger partial charge in [0.1, 0.15) is 11.6 Å². The Morgan fingerprint density at radius 1 is 1.35 bits per heavy atom. The number of nitrogens with one attached hydrogen (secondary N) is 1. The maximum Gasteiger partial charge on any atom is 0.276 e. The summed E-state index contributed by atoms with van der Waals surface area (Å²) in [5.74, 6) is 1.18. The zero-order valence-corrected chi connectivity index (χ0v) is 12.3. The molecule has 2 heterocycles. The van der Waals surface area contributed by atoms with Crippen LogP contribution in [0.1, 0.15) is 13.8 Å². The van der Waals surface area contributed by atoms with Crippen LogP contribution in [0.4, 0.5) is 17.3 Å². The molecule has 0 amide bonds. The second-order valence-corrected chi connectivity index (χ2v) is 5.34. The zero-order valence-electron chi connectivity index (χ0n) is 12.3. The summed E-state index contributed by atoms with van der Waals surface area (Å²) in [6.45, 7) is 5.94. The molecule has 110 valence electrons. The van der Waals surface area contributed by atoms with E-state index < -0.39 is 0 Å². The number of piperazine rings is 1. The van der Waals surface area contributed by atoms with Crippen molar-refractivity contribution < 1.29 is 4.92 Å². The molecule has 7 nitrogen and oxygen atoms in total. The molecular formula is C13H21N5O2. The predicted octanol–water partition coefficient (Wildman–Crippen LogP) is 1.56. The van der Waals surface area contributed by atoms with Crippen molar-refractivity contribution in [1.82, 2.24) is 9.88 Å². The molecule has 20 heavy (non-hydrogen) atoms. The molecule has 2 atom stereocenters. The van der Waals surface area contributed by atoms with E-state index >= 15 is 0 Å². The van der Waals surface area contributed by atoms with Gasteiger partial charge in [0.25, 0.3) is 5.69 Å². The summed E-state index contributed by atoms with van der Waals surface area (Å²) in [6.07, 6.45) is 0. The largest absolute Gasteiger partial charge is 0.373 e. The van der Waals surface area contributed by atoms with E-state index in [2.05, 4.69) is 41.0 Å². The summed E-state index contributed by atoms with van der Waals surface area (Å²) in [7, 11) is 3.82. The van der Waals surface area contributed by atoms with Gasteiger partial charge in [0.2, 0.25) is 0 Å². The Balaban J connectivity index is 2.32. The first kappa shape index (κ1) is 14.5. The van der Waals surface area contributed by atoms with Crippen LogP contribution in [0.15, 0.2) is 12.1 Å². The van der Waals surface area contributed by atoms with Crippen LogP contribution in [-0.4, -0.2) is 54.1 Å². The minimum atomic E-state index is -0.380. The highest BCUT2D eigenvalue weighted by atomic mass is 16.6. The van der Waals surface area contributed by atoms with Crippen molar-refractivity contribution in [1.29, 1.82) is 0 Å². The van der Waals surface area contributed by atoms with Crippen LogP contribution in [-0.2, 0) is 0 Å². The van der Waals surface area contributed by atoms with Gasteiger partial charge in [-0.2, -0.15) is 0 Å². The summed E-state index contributed by atoms with van der Waals surface area (Å²) in [4.78, 5) is 19.5. The lowest BCUT2D eigenvalue weighted by molar-refractivity contribution is -0.384. The van der Waals surface area contributed by atoms with Crippen LogP contribution in [0.2, 0.25) is 0 Å². The van der Waals surface area contributed by atoms with Crippen molar-refractivity contribution in [3.05, 3.63) is 22.2 Å². The Morgan fingerprint density at radius 3 is 2.45 bits per heavy atom. The Bertz CT molecular complexity index is 496. The number of nitro groups is 1. The van der Waals surface area contributed by atoms with Gasteiger partial charge < -0.3 is 10.2 Å². The van der Waals surface area contributed by atoms with Crippen LogP contribution in [0, 0.1) is 10.1 Å². The molecule has 2 rings (SSSR count). The van der Waals surface area contributed by atoms with E-state index in [4.69, 9.17) is 0 Å². The number of hydrogen-bond donors (Lipinski definition) is 1. The highest BCUT2D eigenvalue weighted by molar-refractivity contribution is 5.56. The number of aromatic nitrogens is 1. The van der Waals surface area contributed by atoms with Crippen LogP contribution in [0.25, 0.3) is 0 Å². The number of likely N-dealkylation sites (N-methyl/N-ethyl adjacent to an activating group) is 1. The maximum atomic E-state index is 11.0. The minimum Gasteiger partial charge on any atom is -0.373 e. The van der Waals surface area contributed by atoms with Gasteiger partial charge in [0.05, 0.1) is 17.1 Å². The molecule has 0 bridgehead atoms. The van der Waals surface area contributed by atoms with Crippen molar-refractivity contribution in [2.45, 2.75) is 25.9 Å². The molecule has 1 N–H and O–H groups in total. The van der Waals surface area contributed by atoms with E-state index in [1.54, 1.807) is 13.1 Å². The lowest BCUT2D eigenvalue weighted by atomic mass is 10.1.